The van der Waals surface area contributed by atoms with Gasteiger partial charge in [0.25, 0.3) is 10.1 Å². The largest absolute Gasteiger partial charge is 0.314 e. The van der Waals surface area contributed by atoms with Crippen molar-refractivity contribution < 1.29 is 17.8 Å². The number of fused-ring (bicyclic) bond motifs is 1. The van der Waals surface area contributed by atoms with E-state index >= 15 is 0 Å². The lowest BCUT2D eigenvalue weighted by atomic mass is 9.84. The number of benzene rings is 2. The van der Waals surface area contributed by atoms with Crippen LogP contribution in [0.15, 0.2) is 48.5 Å². The van der Waals surface area contributed by atoms with Crippen molar-refractivity contribution in [3.63, 3.8) is 0 Å². The molecular formula is C17H17NO4S. The Kier molecular flexibility index (Phi) is 3.54. The Morgan fingerprint density at radius 1 is 1.09 bits per heavy atom. The molecule has 0 saturated heterocycles. The standard InChI is InChI=1S/C17H17NO4S/c1-17(11-23(20,21)22)14-10-6-9-13(12-7-4-3-5-8-12)15(14)18(2)16(17)19/h3-10H,11H2,1-2H3,(H,20,21,22). The topological polar surface area (TPSA) is 74.7 Å². The van der Waals surface area contributed by atoms with Gasteiger partial charge in [-0.1, -0.05) is 48.5 Å². The molecule has 3 rings (SSSR count). The summed E-state index contributed by atoms with van der Waals surface area (Å²) in [6.07, 6.45) is 0. The van der Waals surface area contributed by atoms with Gasteiger partial charge in [0.15, 0.2) is 0 Å². The van der Waals surface area contributed by atoms with Crippen molar-refractivity contribution in [1.29, 1.82) is 0 Å². The fourth-order valence-electron chi connectivity index (χ4n) is 3.29. The van der Waals surface area contributed by atoms with Crippen LogP contribution in [0.1, 0.15) is 12.5 Å². The molecule has 120 valence electrons. The first-order chi connectivity index (χ1) is 10.7. The maximum Gasteiger partial charge on any atom is 0.266 e. The molecule has 2 aromatic carbocycles. The number of carbonyl (C=O) groups excluding carboxylic acids is 1. The first-order valence-electron chi connectivity index (χ1n) is 7.16. The van der Waals surface area contributed by atoms with Gasteiger partial charge in [0, 0.05) is 12.6 Å². The van der Waals surface area contributed by atoms with Crippen LogP contribution in [-0.2, 0) is 20.3 Å². The highest BCUT2D eigenvalue weighted by Crippen LogP contribution is 2.46. The lowest BCUT2D eigenvalue weighted by molar-refractivity contribution is -0.121. The minimum absolute atomic E-state index is 0.339. The van der Waals surface area contributed by atoms with E-state index < -0.39 is 21.3 Å². The Bertz CT molecular complexity index is 877. The molecule has 1 unspecified atom stereocenters. The van der Waals surface area contributed by atoms with Crippen molar-refractivity contribution in [3.8, 4) is 11.1 Å². The first kappa shape index (κ1) is 15.7. The van der Waals surface area contributed by atoms with Gasteiger partial charge in [0.2, 0.25) is 5.91 Å². The van der Waals surface area contributed by atoms with Crippen molar-refractivity contribution in [2.75, 3.05) is 17.7 Å². The van der Waals surface area contributed by atoms with Gasteiger partial charge in [-0.2, -0.15) is 8.42 Å². The molecular weight excluding hydrogens is 314 g/mol. The summed E-state index contributed by atoms with van der Waals surface area (Å²) in [5.41, 5.74) is 1.82. The van der Waals surface area contributed by atoms with Gasteiger partial charge in [-0.05, 0) is 18.1 Å². The van der Waals surface area contributed by atoms with E-state index in [1.807, 2.05) is 36.4 Å². The summed E-state index contributed by atoms with van der Waals surface area (Å²) in [6, 6.07) is 15.0. The van der Waals surface area contributed by atoms with Crippen molar-refractivity contribution in [2.24, 2.45) is 0 Å². The average Bonchev–Trinajstić information content (AvgIpc) is 2.68. The normalized spacial score (nSPS) is 20.7. The summed E-state index contributed by atoms with van der Waals surface area (Å²) < 4.78 is 32.0. The highest BCUT2D eigenvalue weighted by atomic mass is 32.2. The monoisotopic (exact) mass is 331 g/mol. The van der Waals surface area contributed by atoms with Gasteiger partial charge >= 0.3 is 0 Å². The summed E-state index contributed by atoms with van der Waals surface area (Å²) in [5.74, 6) is -0.970. The number of anilines is 1. The first-order valence-corrected chi connectivity index (χ1v) is 8.77. The van der Waals surface area contributed by atoms with Crippen molar-refractivity contribution in [2.45, 2.75) is 12.3 Å². The number of nitrogens with zero attached hydrogens (tertiary/aromatic N) is 1. The van der Waals surface area contributed by atoms with Gasteiger partial charge in [0.05, 0.1) is 16.9 Å². The third-order valence-electron chi connectivity index (χ3n) is 4.30. The zero-order valence-corrected chi connectivity index (χ0v) is 13.7. The smallest absolute Gasteiger partial charge is 0.266 e. The zero-order valence-electron chi connectivity index (χ0n) is 12.9. The summed E-state index contributed by atoms with van der Waals surface area (Å²) in [5, 5.41) is 0. The van der Waals surface area contributed by atoms with Gasteiger partial charge < -0.3 is 4.90 Å². The quantitative estimate of drug-likeness (QED) is 0.877. The average molecular weight is 331 g/mol. The van der Waals surface area contributed by atoms with E-state index in [0.717, 1.165) is 11.1 Å². The van der Waals surface area contributed by atoms with E-state index in [-0.39, 0.29) is 5.91 Å². The van der Waals surface area contributed by atoms with Crippen LogP contribution in [0.4, 0.5) is 5.69 Å². The van der Waals surface area contributed by atoms with Crippen LogP contribution >= 0.6 is 0 Å². The molecule has 1 heterocycles. The van der Waals surface area contributed by atoms with E-state index in [0.29, 0.717) is 11.3 Å². The number of hydrogen-bond acceptors (Lipinski definition) is 3. The fraction of sp³-hybridized carbons (Fsp3) is 0.235. The molecule has 0 aromatic heterocycles. The third-order valence-corrected chi connectivity index (χ3v) is 5.24. The van der Waals surface area contributed by atoms with Crippen molar-refractivity contribution in [1.82, 2.24) is 0 Å². The van der Waals surface area contributed by atoms with Crippen LogP contribution in [0.3, 0.4) is 0 Å². The Balaban J connectivity index is 2.24. The second kappa shape index (κ2) is 5.18. The lowest BCUT2D eigenvalue weighted by Crippen LogP contribution is -2.41. The molecule has 0 fully saturated rings. The molecule has 1 aliphatic heterocycles. The maximum atomic E-state index is 12.7. The molecule has 1 atom stereocenters. The van der Waals surface area contributed by atoms with Crippen molar-refractivity contribution in [3.05, 3.63) is 54.1 Å². The summed E-state index contributed by atoms with van der Waals surface area (Å²) in [6.45, 7) is 1.56. The van der Waals surface area contributed by atoms with Gasteiger partial charge in [0.1, 0.15) is 0 Å². The van der Waals surface area contributed by atoms with Crippen LogP contribution in [0.5, 0.6) is 0 Å². The molecule has 5 nitrogen and oxygen atoms in total. The molecule has 23 heavy (non-hydrogen) atoms. The molecule has 6 heteroatoms. The Hall–Kier alpha value is -2.18. The second-order valence-corrected chi connectivity index (χ2v) is 7.44. The highest BCUT2D eigenvalue weighted by Gasteiger charge is 2.49. The minimum Gasteiger partial charge on any atom is -0.314 e. The molecule has 0 spiro atoms. The fourth-order valence-corrected chi connectivity index (χ4v) is 4.30. The SMILES string of the molecule is CN1C(=O)C(C)(CS(=O)(=O)O)c2cccc(-c3ccccc3)c21. The number of rotatable bonds is 3. The summed E-state index contributed by atoms with van der Waals surface area (Å²) >= 11 is 0. The number of carbonyl (C=O) groups is 1. The Morgan fingerprint density at radius 3 is 2.35 bits per heavy atom. The number of amides is 1. The van der Waals surface area contributed by atoms with E-state index in [1.165, 1.54) is 4.90 Å². The number of para-hydroxylation sites is 1. The number of hydrogen-bond donors (Lipinski definition) is 1. The van der Waals surface area contributed by atoms with E-state index in [1.54, 1.807) is 26.1 Å². The van der Waals surface area contributed by atoms with Crippen LogP contribution in [0.2, 0.25) is 0 Å². The van der Waals surface area contributed by atoms with Crippen LogP contribution in [-0.4, -0.2) is 31.7 Å². The molecule has 1 N–H and O–H groups in total. The minimum atomic E-state index is -4.29. The third kappa shape index (κ3) is 2.54. The van der Waals surface area contributed by atoms with Crippen LogP contribution in [0.25, 0.3) is 11.1 Å². The second-order valence-electron chi connectivity index (χ2n) is 5.99. The van der Waals surface area contributed by atoms with Gasteiger partial charge in [-0.25, -0.2) is 0 Å². The molecule has 0 radical (unpaired) electrons. The zero-order chi connectivity index (χ0) is 16.8. The lowest BCUT2D eigenvalue weighted by Gasteiger charge is -2.21. The van der Waals surface area contributed by atoms with Gasteiger partial charge in [-0.3, -0.25) is 9.35 Å². The molecule has 0 aliphatic carbocycles. The maximum absolute atomic E-state index is 12.7. The predicted octanol–water partition coefficient (Wildman–Crippen LogP) is 2.48. The molecule has 0 saturated carbocycles. The van der Waals surface area contributed by atoms with Crippen LogP contribution in [0, 0.1) is 0 Å². The number of likely N-dealkylation sites (N-methyl/N-ethyl adjacent to an activating group) is 1. The Morgan fingerprint density at radius 2 is 1.74 bits per heavy atom. The van der Waals surface area contributed by atoms with E-state index in [4.69, 9.17) is 0 Å². The Labute approximate surface area is 135 Å². The summed E-state index contributed by atoms with van der Waals surface area (Å²) in [7, 11) is -2.66. The molecule has 1 amide bonds. The highest BCUT2D eigenvalue weighted by molar-refractivity contribution is 7.85. The van der Waals surface area contributed by atoms with E-state index in [2.05, 4.69) is 0 Å². The summed E-state index contributed by atoms with van der Waals surface area (Å²) in [4.78, 5) is 14.2. The van der Waals surface area contributed by atoms with Crippen molar-refractivity contribution >= 4 is 21.7 Å². The molecule has 0 bridgehead atoms. The van der Waals surface area contributed by atoms with E-state index in [9.17, 15) is 17.8 Å². The molecule has 1 aliphatic rings. The molecule has 2 aromatic rings. The predicted molar refractivity (Wildman–Crippen MR) is 89.1 cm³/mol. The van der Waals surface area contributed by atoms with Crippen LogP contribution < -0.4 is 4.90 Å². The van der Waals surface area contributed by atoms with Gasteiger partial charge in [-0.15, -0.1) is 0 Å².